The summed E-state index contributed by atoms with van der Waals surface area (Å²) in [5.41, 5.74) is 1.36. The van der Waals surface area contributed by atoms with Crippen LogP contribution in [0.2, 0.25) is 5.02 Å². The first kappa shape index (κ1) is 15.8. The standard InChI is InChI=1S/C11H16BrClN2O2S/c1-8-6-9(12)11(7-10(8)13)15-18(16,17)5-3-4-14-2/h6-7,14-15H,3-5H2,1-2H3. The second-order valence-corrected chi connectivity index (χ2v) is 7.06. The summed E-state index contributed by atoms with van der Waals surface area (Å²) >= 11 is 9.29. The minimum atomic E-state index is -3.34. The molecule has 0 heterocycles. The van der Waals surface area contributed by atoms with Crippen molar-refractivity contribution in [3.05, 3.63) is 27.2 Å². The first-order valence-electron chi connectivity index (χ1n) is 5.46. The molecule has 0 bridgehead atoms. The van der Waals surface area contributed by atoms with Gasteiger partial charge in [0, 0.05) is 9.50 Å². The summed E-state index contributed by atoms with van der Waals surface area (Å²) in [7, 11) is -1.55. The van der Waals surface area contributed by atoms with Gasteiger partial charge in [-0.25, -0.2) is 8.42 Å². The molecule has 0 aliphatic heterocycles. The summed E-state index contributed by atoms with van der Waals surface area (Å²) in [4.78, 5) is 0. The van der Waals surface area contributed by atoms with Crippen molar-refractivity contribution >= 4 is 43.2 Å². The number of benzene rings is 1. The Morgan fingerprint density at radius 3 is 2.67 bits per heavy atom. The lowest BCUT2D eigenvalue weighted by atomic mass is 10.2. The average Bonchev–Trinajstić information content (AvgIpc) is 2.26. The lowest BCUT2D eigenvalue weighted by Crippen LogP contribution is -2.20. The number of aryl methyl sites for hydroxylation is 1. The van der Waals surface area contributed by atoms with Crippen LogP contribution in [0.25, 0.3) is 0 Å². The molecular formula is C11H16BrClN2O2S. The van der Waals surface area contributed by atoms with E-state index in [1.165, 1.54) is 0 Å². The summed E-state index contributed by atoms with van der Waals surface area (Å²) in [6, 6.07) is 3.39. The highest BCUT2D eigenvalue weighted by atomic mass is 79.9. The summed E-state index contributed by atoms with van der Waals surface area (Å²) in [5.74, 6) is 0.0752. The van der Waals surface area contributed by atoms with Gasteiger partial charge in [0.05, 0.1) is 11.4 Å². The topological polar surface area (TPSA) is 58.2 Å². The Hall–Kier alpha value is -0.300. The molecule has 1 aromatic carbocycles. The fraction of sp³-hybridized carbons (Fsp3) is 0.455. The average molecular weight is 356 g/mol. The monoisotopic (exact) mass is 354 g/mol. The van der Waals surface area contributed by atoms with Crippen LogP contribution in [-0.2, 0) is 10.0 Å². The Balaban J connectivity index is 2.81. The molecule has 0 aliphatic carbocycles. The first-order chi connectivity index (χ1) is 8.35. The molecule has 2 N–H and O–H groups in total. The number of sulfonamides is 1. The molecule has 0 aliphatic rings. The second kappa shape index (κ2) is 6.75. The smallest absolute Gasteiger partial charge is 0.232 e. The zero-order chi connectivity index (χ0) is 13.8. The Kier molecular flexibility index (Phi) is 5.91. The maximum Gasteiger partial charge on any atom is 0.232 e. The van der Waals surface area contributed by atoms with E-state index in [-0.39, 0.29) is 5.75 Å². The van der Waals surface area contributed by atoms with Crippen molar-refractivity contribution in [3.63, 3.8) is 0 Å². The second-order valence-electron chi connectivity index (χ2n) is 3.96. The molecule has 0 saturated carbocycles. The molecule has 0 saturated heterocycles. The summed E-state index contributed by atoms with van der Waals surface area (Å²) in [6.07, 6.45) is 0.559. The predicted molar refractivity (Wildman–Crippen MR) is 79.8 cm³/mol. The molecule has 4 nitrogen and oxygen atoms in total. The molecule has 0 radical (unpaired) electrons. The molecule has 7 heteroatoms. The normalized spacial score (nSPS) is 11.6. The van der Waals surface area contributed by atoms with E-state index in [1.807, 2.05) is 6.92 Å². The van der Waals surface area contributed by atoms with E-state index < -0.39 is 10.0 Å². The number of nitrogens with one attached hydrogen (secondary N) is 2. The Morgan fingerprint density at radius 2 is 2.06 bits per heavy atom. The van der Waals surface area contributed by atoms with Gasteiger partial charge in [-0.2, -0.15) is 0 Å². The zero-order valence-electron chi connectivity index (χ0n) is 10.3. The van der Waals surface area contributed by atoms with Crippen LogP contribution in [0.15, 0.2) is 16.6 Å². The molecule has 102 valence electrons. The fourth-order valence-electron chi connectivity index (χ4n) is 1.38. The molecule has 0 unspecified atom stereocenters. The Bertz CT molecular complexity index is 520. The lowest BCUT2D eigenvalue weighted by molar-refractivity contribution is 0.597. The molecule has 0 atom stereocenters. The van der Waals surface area contributed by atoms with E-state index in [2.05, 4.69) is 26.0 Å². The van der Waals surface area contributed by atoms with E-state index in [0.29, 0.717) is 28.1 Å². The van der Waals surface area contributed by atoms with Crippen LogP contribution in [0.4, 0.5) is 5.69 Å². The van der Waals surface area contributed by atoms with E-state index in [0.717, 1.165) is 5.56 Å². The number of rotatable bonds is 6. The van der Waals surface area contributed by atoms with Crippen molar-refractivity contribution in [2.45, 2.75) is 13.3 Å². The van der Waals surface area contributed by atoms with Crippen molar-refractivity contribution < 1.29 is 8.42 Å². The number of hydrogen-bond donors (Lipinski definition) is 2. The zero-order valence-corrected chi connectivity index (χ0v) is 13.4. The van der Waals surface area contributed by atoms with Gasteiger partial charge in [0.1, 0.15) is 0 Å². The number of anilines is 1. The van der Waals surface area contributed by atoms with E-state index >= 15 is 0 Å². The molecule has 0 spiro atoms. The quantitative estimate of drug-likeness (QED) is 0.771. The molecule has 0 aromatic heterocycles. The fourth-order valence-corrected chi connectivity index (χ4v) is 3.36. The first-order valence-corrected chi connectivity index (χ1v) is 8.29. The third-order valence-electron chi connectivity index (χ3n) is 2.35. The van der Waals surface area contributed by atoms with Crippen LogP contribution in [0.5, 0.6) is 0 Å². The van der Waals surface area contributed by atoms with E-state index in [9.17, 15) is 8.42 Å². The van der Waals surface area contributed by atoms with Crippen molar-refractivity contribution in [2.24, 2.45) is 0 Å². The van der Waals surface area contributed by atoms with Crippen LogP contribution >= 0.6 is 27.5 Å². The predicted octanol–water partition coefficient (Wildman–Crippen LogP) is 2.76. The third-order valence-corrected chi connectivity index (χ3v) is 4.77. The van der Waals surface area contributed by atoms with Gasteiger partial charge >= 0.3 is 0 Å². The molecule has 18 heavy (non-hydrogen) atoms. The third kappa shape index (κ3) is 4.76. The van der Waals surface area contributed by atoms with Crippen molar-refractivity contribution in [1.29, 1.82) is 0 Å². The highest BCUT2D eigenvalue weighted by Crippen LogP contribution is 2.29. The maximum absolute atomic E-state index is 11.8. The van der Waals surface area contributed by atoms with Gasteiger partial charge in [0.2, 0.25) is 10.0 Å². The lowest BCUT2D eigenvalue weighted by Gasteiger charge is -2.11. The van der Waals surface area contributed by atoms with Crippen LogP contribution in [0.3, 0.4) is 0 Å². The summed E-state index contributed by atoms with van der Waals surface area (Å²) < 4.78 is 26.8. The molecule has 0 fully saturated rings. The molecular weight excluding hydrogens is 340 g/mol. The van der Waals surface area contributed by atoms with Crippen molar-refractivity contribution in [2.75, 3.05) is 24.1 Å². The largest absolute Gasteiger partial charge is 0.320 e. The van der Waals surface area contributed by atoms with Gasteiger partial charge < -0.3 is 5.32 Å². The molecule has 1 rings (SSSR count). The van der Waals surface area contributed by atoms with Crippen LogP contribution in [0, 0.1) is 6.92 Å². The van der Waals surface area contributed by atoms with Gasteiger partial charge in [-0.15, -0.1) is 0 Å². The van der Waals surface area contributed by atoms with Crippen LogP contribution in [0.1, 0.15) is 12.0 Å². The van der Waals surface area contributed by atoms with Gasteiger partial charge in [-0.3, -0.25) is 4.72 Å². The van der Waals surface area contributed by atoms with Crippen LogP contribution < -0.4 is 10.0 Å². The molecule has 1 aromatic rings. The Morgan fingerprint density at radius 1 is 1.39 bits per heavy atom. The maximum atomic E-state index is 11.8. The van der Waals surface area contributed by atoms with E-state index in [4.69, 9.17) is 11.6 Å². The van der Waals surface area contributed by atoms with Gasteiger partial charge in [0.15, 0.2) is 0 Å². The molecule has 0 amide bonds. The van der Waals surface area contributed by atoms with Crippen molar-refractivity contribution in [3.8, 4) is 0 Å². The van der Waals surface area contributed by atoms with Gasteiger partial charge in [-0.1, -0.05) is 11.6 Å². The van der Waals surface area contributed by atoms with Crippen molar-refractivity contribution in [1.82, 2.24) is 5.32 Å². The van der Waals surface area contributed by atoms with Gasteiger partial charge in [0.25, 0.3) is 0 Å². The Labute approximate surface area is 121 Å². The van der Waals surface area contributed by atoms with Crippen LogP contribution in [-0.4, -0.2) is 27.8 Å². The summed E-state index contributed by atoms with van der Waals surface area (Å²) in [6.45, 7) is 2.52. The minimum absolute atomic E-state index is 0.0752. The number of halogens is 2. The summed E-state index contributed by atoms with van der Waals surface area (Å²) in [5, 5.41) is 3.44. The number of hydrogen-bond acceptors (Lipinski definition) is 3. The van der Waals surface area contributed by atoms with E-state index in [1.54, 1.807) is 19.2 Å². The highest BCUT2D eigenvalue weighted by Gasteiger charge is 2.13. The van der Waals surface area contributed by atoms with Gasteiger partial charge in [-0.05, 0) is 60.6 Å². The SMILES string of the molecule is CNCCCS(=O)(=O)Nc1cc(Cl)c(C)cc1Br. The highest BCUT2D eigenvalue weighted by molar-refractivity contribution is 9.10. The minimum Gasteiger partial charge on any atom is -0.320 e.